The highest BCUT2D eigenvalue weighted by molar-refractivity contribution is 6.02. The summed E-state index contributed by atoms with van der Waals surface area (Å²) in [4.78, 5) is 29.2. The maximum Gasteiger partial charge on any atom is 0.416 e. The van der Waals surface area contributed by atoms with Gasteiger partial charge in [-0.15, -0.1) is 0 Å². The van der Waals surface area contributed by atoms with Gasteiger partial charge in [0.1, 0.15) is 11.5 Å². The fraction of sp³-hybridized carbons (Fsp3) is 0.208. The van der Waals surface area contributed by atoms with Crippen molar-refractivity contribution < 1.29 is 37.3 Å². The lowest BCUT2D eigenvalue weighted by Gasteiger charge is -2.31. The number of aromatic nitrogens is 1. The number of aromatic carboxylic acids is 1. The summed E-state index contributed by atoms with van der Waals surface area (Å²) in [6.07, 6.45) is -3.26. The van der Waals surface area contributed by atoms with Gasteiger partial charge in [0.2, 0.25) is 0 Å². The molecule has 0 atom stereocenters. The van der Waals surface area contributed by atoms with Crippen LogP contribution >= 0.6 is 0 Å². The van der Waals surface area contributed by atoms with Crippen LogP contribution in [0, 0.1) is 0 Å². The molecule has 1 fully saturated rings. The number of carbonyl (C=O) groups is 2. The Bertz CT molecular complexity index is 1250. The van der Waals surface area contributed by atoms with Gasteiger partial charge in [0, 0.05) is 31.0 Å². The van der Waals surface area contributed by atoms with Gasteiger partial charge in [0.05, 0.1) is 30.2 Å². The summed E-state index contributed by atoms with van der Waals surface area (Å²) in [5.41, 5.74) is -0.202. The first kappa shape index (κ1) is 24.8. The summed E-state index contributed by atoms with van der Waals surface area (Å²) in [5, 5.41) is 14.1. The van der Waals surface area contributed by atoms with Crippen molar-refractivity contribution in [3.05, 3.63) is 72.1 Å². The molecule has 1 aliphatic heterocycles. The number of benzene rings is 2. The van der Waals surface area contributed by atoms with Crippen LogP contribution in [0.25, 0.3) is 0 Å². The number of carboxylic acids is 1. The van der Waals surface area contributed by atoms with Crippen LogP contribution in [0.15, 0.2) is 60.8 Å². The summed E-state index contributed by atoms with van der Waals surface area (Å²) in [5.74, 6) is -0.555. The molecule has 0 radical (unpaired) electrons. The number of morpholine rings is 1. The molecule has 4 rings (SSSR count). The van der Waals surface area contributed by atoms with Gasteiger partial charge in [-0.1, -0.05) is 0 Å². The van der Waals surface area contributed by atoms with Gasteiger partial charge in [-0.25, -0.2) is 14.6 Å². The maximum atomic E-state index is 13.3. The number of pyridine rings is 1. The van der Waals surface area contributed by atoms with Crippen molar-refractivity contribution in [1.29, 1.82) is 0 Å². The largest absolute Gasteiger partial charge is 0.477 e. The second-order valence-electron chi connectivity index (χ2n) is 7.72. The summed E-state index contributed by atoms with van der Waals surface area (Å²) in [7, 11) is 0. The van der Waals surface area contributed by atoms with Crippen molar-refractivity contribution in [2.45, 2.75) is 6.18 Å². The van der Waals surface area contributed by atoms with E-state index in [-0.39, 0.29) is 17.1 Å². The SMILES string of the molecule is O=C(Nc1ccc(Oc2ccnc(C(=O)O)c2)cc1)Nc1cc(C(F)(F)F)ccc1N1CCOCC1. The third-order valence-electron chi connectivity index (χ3n) is 5.22. The maximum absolute atomic E-state index is 13.3. The summed E-state index contributed by atoms with van der Waals surface area (Å²) < 4.78 is 50.7. The first-order valence-electron chi connectivity index (χ1n) is 10.8. The van der Waals surface area contributed by atoms with Gasteiger partial charge in [-0.3, -0.25) is 0 Å². The number of nitrogens with zero attached hydrogens (tertiary/aromatic N) is 2. The van der Waals surface area contributed by atoms with Crippen molar-refractivity contribution in [2.75, 3.05) is 41.8 Å². The molecule has 1 saturated heterocycles. The number of halogens is 3. The fourth-order valence-corrected chi connectivity index (χ4v) is 3.51. The van der Waals surface area contributed by atoms with Crippen molar-refractivity contribution in [1.82, 2.24) is 4.98 Å². The highest BCUT2D eigenvalue weighted by Crippen LogP contribution is 2.36. The zero-order valence-electron chi connectivity index (χ0n) is 18.7. The van der Waals surface area contributed by atoms with Gasteiger partial charge in [0.15, 0.2) is 5.69 Å². The molecule has 0 bridgehead atoms. The molecule has 3 N–H and O–H groups in total. The number of alkyl halides is 3. The highest BCUT2D eigenvalue weighted by atomic mass is 19.4. The summed E-state index contributed by atoms with van der Waals surface area (Å²) in [6.45, 7) is 1.82. The van der Waals surface area contributed by atoms with Crippen LogP contribution in [0.3, 0.4) is 0 Å². The van der Waals surface area contributed by atoms with Crippen molar-refractivity contribution in [3.63, 3.8) is 0 Å². The van der Waals surface area contributed by atoms with E-state index in [1.54, 1.807) is 12.1 Å². The molecule has 0 aliphatic carbocycles. The lowest BCUT2D eigenvalue weighted by Crippen LogP contribution is -2.37. The molecule has 2 aromatic carbocycles. The van der Waals surface area contributed by atoms with Gasteiger partial charge >= 0.3 is 18.2 Å². The normalized spacial score (nSPS) is 13.7. The average molecular weight is 502 g/mol. The van der Waals surface area contributed by atoms with E-state index in [2.05, 4.69) is 15.6 Å². The minimum atomic E-state index is -4.56. The molecule has 1 aromatic heterocycles. The molecular formula is C24H21F3N4O5. The molecular weight excluding hydrogens is 481 g/mol. The number of anilines is 3. The second-order valence-corrected chi connectivity index (χ2v) is 7.72. The molecule has 0 unspecified atom stereocenters. The van der Waals surface area contributed by atoms with Crippen LogP contribution in [-0.4, -0.2) is 48.4 Å². The zero-order chi connectivity index (χ0) is 25.7. The Kier molecular flexibility index (Phi) is 7.25. The lowest BCUT2D eigenvalue weighted by atomic mass is 10.1. The lowest BCUT2D eigenvalue weighted by molar-refractivity contribution is -0.137. The standard InChI is InChI=1S/C24H21F3N4O5/c25-24(26,27)15-1-6-21(31-9-11-35-12-10-31)19(13-15)30-23(34)29-16-2-4-17(5-3-16)36-18-7-8-28-20(14-18)22(32)33/h1-8,13-14H,9-12H2,(H,32,33)(H2,29,30,34). The minimum Gasteiger partial charge on any atom is -0.477 e. The predicted molar refractivity (Wildman–Crippen MR) is 125 cm³/mol. The van der Waals surface area contributed by atoms with Crippen LogP contribution in [0.2, 0.25) is 0 Å². The Morgan fingerprint density at radius 3 is 2.36 bits per heavy atom. The number of urea groups is 1. The molecule has 3 aromatic rings. The van der Waals surface area contributed by atoms with Gasteiger partial charge in [0.25, 0.3) is 0 Å². The van der Waals surface area contributed by atoms with Crippen LogP contribution < -0.4 is 20.3 Å². The molecule has 9 nitrogen and oxygen atoms in total. The first-order valence-corrected chi connectivity index (χ1v) is 10.8. The van der Waals surface area contributed by atoms with E-state index < -0.39 is 23.7 Å². The summed E-state index contributed by atoms with van der Waals surface area (Å²) >= 11 is 0. The quantitative estimate of drug-likeness (QED) is 0.431. The third-order valence-corrected chi connectivity index (χ3v) is 5.22. The number of carboxylic acid groups (broad SMARTS) is 1. The Labute approximate surface area is 203 Å². The predicted octanol–water partition coefficient (Wildman–Crippen LogP) is 5.07. The minimum absolute atomic E-state index is 0.0242. The number of ether oxygens (including phenoxy) is 2. The van der Waals surface area contributed by atoms with Gasteiger partial charge < -0.3 is 30.1 Å². The van der Waals surface area contributed by atoms with Gasteiger partial charge in [-0.2, -0.15) is 13.2 Å². The third kappa shape index (κ3) is 6.21. The van der Waals surface area contributed by atoms with Gasteiger partial charge in [-0.05, 0) is 48.5 Å². The van der Waals surface area contributed by atoms with Crippen molar-refractivity contribution in [3.8, 4) is 11.5 Å². The fourth-order valence-electron chi connectivity index (χ4n) is 3.51. The zero-order valence-corrected chi connectivity index (χ0v) is 18.7. The molecule has 2 heterocycles. The van der Waals surface area contributed by atoms with Crippen molar-refractivity contribution in [2.24, 2.45) is 0 Å². The smallest absolute Gasteiger partial charge is 0.416 e. The summed E-state index contributed by atoms with van der Waals surface area (Å²) in [6, 6.07) is 11.4. The number of rotatable bonds is 6. The van der Waals surface area contributed by atoms with E-state index in [9.17, 15) is 22.8 Å². The van der Waals surface area contributed by atoms with Crippen LogP contribution in [0.1, 0.15) is 16.1 Å². The van der Waals surface area contributed by atoms with E-state index in [4.69, 9.17) is 14.6 Å². The first-order chi connectivity index (χ1) is 17.2. The number of carbonyl (C=O) groups excluding carboxylic acids is 1. The van der Waals surface area contributed by atoms with E-state index in [1.165, 1.54) is 36.5 Å². The Morgan fingerprint density at radius 1 is 0.972 bits per heavy atom. The molecule has 1 aliphatic rings. The molecule has 0 saturated carbocycles. The monoisotopic (exact) mass is 502 g/mol. The van der Waals surface area contributed by atoms with Crippen LogP contribution in [0.4, 0.5) is 35.0 Å². The van der Waals surface area contributed by atoms with E-state index in [0.29, 0.717) is 43.4 Å². The Hall–Kier alpha value is -4.32. The molecule has 2 amide bonds. The molecule has 0 spiro atoms. The topological polar surface area (TPSA) is 113 Å². The number of hydrogen-bond acceptors (Lipinski definition) is 6. The number of nitrogens with one attached hydrogen (secondary N) is 2. The molecule has 188 valence electrons. The average Bonchev–Trinajstić information content (AvgIpc) is 2.85. The van der Waals surface area contributed by atoms with E-state index in [1.807, 2.05) is 4.90 Å². The second kappa shape index (κ2) is 10.5. The van der Waals surface area contributed by atoms with Crippen LogP contribution in [-0.2, 0) is 10.9 Å². The van der Waals surface area contributed by atoms with E-state index in [0.717, 1.165) is 12.1 Å². The Morgan fingerprint density at radius 2 is 1.69 bits per heavy atom. The van der Waals surface area contributed by atoms with Crippen molar-refractivity contribution >= 4 is 29.1 Å². The molecule has 36 heavy (non-hydrogen) atoms. The number of amides is 2. The number of hydrogen-bond donors (Lipinski definition) is 3. The van der Waals surface area contributed by atoms with E-state index >= 15 is 0 Å². The van der Waals surface area contributed by atoms with Crippen LogP contribution in [0.5, 0.6) is 11.5 Å². The highest BCUT2D eigenvalue weighted by Gasteiger charge is 2.32. The Balaban J connectivity index is 1.45. The molecule has 12 heteroatoms.